The van der Waals surface area contributed by atoms with E-state index >= 15 is 0 Å². The van der Waals surface area contributed by atoms with Crippen LogP contribution in [0, 0.1) is 0 Å². The van der Waals surface area contributed by atoms with Crippen molar-refractivity contribution in [3.05, 3.63) is 63.7 Å². The lowest BCUT2D eigenvalue weighted by Gasteiger charge is -2.43. The fourth-order valence-electron chi connectivity index (χ4n) is 9.88. The van der Waals surface area contributed by atoms with Gasteiger partial charge >= 0.3 is 0 Å². The molecule has 0 bridgehead atoms. The molecule has 0 saturated carbocycles. The molecule has 2 aliphatic carbocycles. The number of carbonyl (C=O) groups is 6. The predicted octanol–water partition coefficient (Wildman–Crippen LogP) is -0.236. The third-order valence-electron chi connectivity index (χ3n) is 13.3. The number of hydrogen-bond acceptors (Lipinski definition) is 20. The van der Waals surface area contributed by atoms with Crippen molar-refractivity contribution in [1.29, 1.82) is 0 Å². The van der Waals surface area contributed by atoms with Gasteiger partial charge in [0, 0.05) is 93.9 Å². The number of fused-ring (bicyclic) bond motifs is 6. The Kier molecular flexibility index (Phi) is 16.8. The predicted molar refractivity (Wildman–Crippen MR) is 241 cm³/mol. The van der Waals surface area contributed by atoms with Gasteiger partial charge in [-0.2, -0.15) is 0 Å². The number of nitrogens with zero attached hydrogens (tertiary/aromatic N) is 2. The number of amides is 4. The quantitative estimate of drug-likeness (QED) is 0.0466. The van der Waals surface area contributed by atoms with Gasteiger partial charge in [0.25, 0.3) is 17.7 Å². The Hall–Kier alpha value is -5.44. The second-order valence-electron chi connectivity index (χ2n) is 17.7. The second-order valence-corrected chi connectivity index (χ2v) is 17.7. The standard InChI is InChI=1S/C48H60N4O19/c1-26-44-29(51-13-16-68-46(63-3)45(51)71-44)23-35(69-26)70-31-25-48(61,24-28-37(31)43(59)39-38(41(28)57)40(56)27-5-4-6-30(62-2)36(27)42(39)58)47(60)50-11-15-65-18-20-67-22-21-66-19-17-64-14-10-49-32(53)9-12-52-33(54)7-8-34(52)55/h4-8,26,29,31,35,44-46,57,59,61H,9-25H2,1-3H3,(H,49,53)(H,50,60)/t26-,29-,31-,35-,44+,45+,46-,48-/m0/s1. The Labute approximate surface area is 408 Å². The molecule has 8 atom stereocenters. The van der Waals surface area contributed by atoms with E-state index in [2.05, 4.69) is 15.5 Å². The summed E-state index contributed by atoms with van der Waals surface area (Å²) in [5, 5.41) is 41.6. The largest absolute Gasteiger partial charge is 0.507 e. The number of ether oxygens (including phenoxy) is 10. The lowest BCUT2D eigenvalue weighted by atomic mass is 9.72. The van der Waals surface area contributed by atoms with E-state index in [1.165, 1.54) is 44.6 Å². The molecule has 2 aromatic rings. The molecule has 23 heteroatoms. The molecular formula is C48H60N4O19. The molecule has 6 aliphatic rings. The number of imide groups is 1. The molecule has 3 fully saturated rings. The van der Waals surface area contributed by atoms with Crippen molar-refractivity contribution >= 4 is 35.2 Å². The molecule has 0 radical (unpaired) electrons. The van der Waals surface area contributed by atoms with Crippen LogP contribution in [0.2, 0.25) is 0 Å². The molecule has 0 unspecified atom stereocenters. The van der Waals surface area contributed by atoms with Crippen LogP contribution in [-0.2, 0) is 68.2 Å². The van der Waals surface area contributed by atoms with Crippen molar-refractivity contribution in [3.8, 4) is 17.2 Å². The first-order chi connectivity index (χ1) is 34.3. The van der Waals surface area contributed by atoms with Crippen LogP contribution < -0.4 is 15.4 Å². The number of carbonyl (C=O) groups excluding carboxylic acids is 6. The van der Waals surface area contributed by atoms with Gasteiger partial charge in [-0.25, -0.2) is 0 Å². The summed E-state index contributed by atoms with van der Waals surface area (Å²) in [4.78, 5) is 80.4. The zero-order valence-corrected chi connectivity index (χ0v) is 39.7. The summed E-state index contributed by atoms with van der Waals surface area (Å²) in [5.74, 6) is -4.73. The zero-order valence-electron chi connectivity index (χ0n) is 39.7. The molecule has 5 N–H and O–H groups in total. The molecule has 8 rings (SSSR count). The van der Waals surface area contributed by atoms with E-state index in [9.17, 15) is 44.1 Å². The Morgan fingerprint density at radius 3 is 2.14 bits per heavy atom. The summed E-state index contributed by atoms with van der Waals surface area (Å²) in [6.07, 6.45) is -2.69. The number of phenolic OH excluding ortho intramolecular Hbond substituents is 2. The Balaban J connectivity index is 0.821. The monoisotopic (exact) mass is 996 g/mol. The maximum Gasteiger partial charge on any atom is 0.253 e. The van der Waals surface area contributed by atoms with Gasteiger partial charge in [0.1, 0.15) is 29.0 Å². The van der Waals surface area contributed by atoms with Crippen LogP contribution in [0.3, 0.4) is 0 Å². The van der Waals surface area contributed by atoms with Gasteiger partial charge in [-0.3, -0.25) is 38.6 Å². The van der Waals surface area contributed by atoms with Gasteiger partial charge in [0.05, 0.1) is 95.5 Å². The number of nitrogens with one attached hydrogen (secondary N) is 2. The molecule has 2 aromatic carbocycles. The van der Waals surface area contributed by atoms with E-state index in [0.717, 1.165) is 4.90 Å². The fourth-order valence-corrected chi connectivity index (χ4v) is 9.88. The maximum atomic E-state index is 14.2. The first kappa shape index (κ1) is 51.9. The maximum absolute atomic E-state index is 14.2. The number of morpholine rings is 1. The summed E-state index contributed by atoms with van der Waals surface area (Å²) in [5.41, 5.74) is -3.49. The molecule has 3 saturated heterocycles. The smallest absolute Gasteiger partial charge is 0.253 e. The topological polar surface area (TPSA) is 286 Å². The lowest BCUT2D eigenvalue weighted by Crippen LogP contribution is -2.55. The van der Waals surface area contributed by atoms with Crippen molar-refractivity contribution in [2.45, 2.75) is 81.4 Å². The first-order valence-electron chi connectivity index (χ1n) is 23.6. The van der Waals surface area contributed by atoms with Crippen molar-refractivity contribution in [3.63, 3.8) is 0 Å². The summed E-state index contributed by atoms with van der Waals surface area (Å²) in [6, 6.07) is 4.23. The third kappa shape index (κ3) is 11.0. The summed E-state index contributed by atoms with van der Waals surface area (Å²) in [6.45, 7) is 4.89. The minimum atomic E-state index is -2.25. The van der Waals surface area contributed by atoms with Crippen molar-refractivity contribution in [2.75, 3.05) is 99.9 Å². The van der Waals surface area contributed by atoms with E-state index in [0.29, 0.717) is 26.4 Å². The van der Waals surface area contributed by atoms with Crippen LogP contribution in [0.5, 0.6) is 17.2 Å². The lowest BCUT2D eigenvalue weighted by molar-refractivity contribution is -0.256. The average molecular weight is 997 g/mol. The van der Waals surface area contributed by atoms with E-state index in [1.54, 1.807) is 0 Å². The molecule has 0 spiro atoms. The number of methoxy groups -OCH3 is 2. The Morgan fingerprint density at radius 1 is 0.831 bits per heavy atom. The summed E-state index contributed by atoms with van der Waals surface area (Å²) >= 11 is 0. The van der Waals surface area contributed by atoms with Crippen molar-refractivity contribution in [1.82, 2.24) is 20.4 Å². The van der Waals surface area contributed by atoms with E-state index in [-0.39, 0.29) is 118 Å². The van der Waals surface area contributed by atoms with Gasteiger partial charge in [0.15, 0.2) is 24.6 Å². The van der Waals surface area contributed by atoms with Crippen LogP contribution in [0.1, 0.15) is 75.3 Å². The highest BCUT2D eigenvalue weighted by Gasteiger charge is 2.55. The minimum absolute atomic E-state index is 0.00285. The van der Waals surface area contributed by atoms with Crippen molar-refractivity contribution in [2.24, 2.45) is 0 Å². The zero-order chi connectivity index (χ0) is 50.4. The van der Waals surface area contributed by atoms with Crippen LogP contribution in [0.4, 0.5) is 0 Å². The first-order valence-corrected chi connectivity index (χ1v) is 23.6. The SMILES string of the molecule is COc1cccc2c1C(=O)c1c(O)c3c(c(O)c1C2=O)C[C@@](O)(C(=O)NCCOCCOCCOCCOCCNC(=O)CCN1C(=O)C=CC1=O)C[C@@H]3O[C@H]1C[C@H]2[C@H](O[C@@H]3[C@@H](OC)OCCN32)[C@H](C)O1. The fraction of sp³-hybridized carbons (Fsp3) is 0.583. The van der Waals surface area contributed by atoms with Gasteiger partial charge in [-0.15, -0.1) is 0 Å². The van der Waals surface area contributed by atoms with E-state index in [4.69, 9.17) is 47.4 Å². The van der Waals surface area contributed by atoms with Crippen molar-refractivity contribution < 1.29 is 91.5 Å². The van der Waals surface area contributed by atoms with Crippen LogP contribution >= 0.6 is 0 Å². The van der Waals surface area contributed by atoms with Gasteiger partial charge in [-0.05, 0) is 13.0 Å². The Morgan fingerprint density at radius 2 is 1.48 bits per heavy atom. The molecule has 4 aliphatic heterocycles. The second kappa shape index (κ2) is 23.0. The van der Waals surface area contributed by atoms with Crippen LogP contribution in [0.25, 0.3) is 0 Å². The highest BCUT2D eigenvalue weighted by molar-refractivity contribution is 6.31. The van der Waals surface area contributed by atoms with E-state index < -0.39 is 101 Å². The van der Waals surface area contributed by atoms with Gasteiger partial charge in [-0.1, -0.05) is 12.1 Å². The van der Waals surface area contributed by atoms with E-state index in [1.807, 2.05) is 6.92 Å². The number of ketones is 2. The molecule has 23 nitrogen and oxygen atoms in total. The van der Waals surface area contributed by atoms with Gasteiger partial charge < -0.3 is 73.3 Å². The number of rotatable bonds is 23. The van der Waals surface area contributed by atoms with Gasteiger partial charge in [0.2, 0.25) is 11.7 Å². The highest BCUT2D eigenvalue weighted by atomic mass is 16.7. The van der Waals surface area contributed by atoms with Crippen LogP contribution in [-0.4, -0.2) is 203 Å². The molecule has 4 amide bonds. The molecule has 386 valence electrons. The number of aliphatic hydroxyl groups is 1. The Bertz CT molecular complexity index is 2360. The number of aromatic hydroxyl groups is 2. The summed E-state index contributed by atoms with van der Waals surface area (Å²) < 4.78 is 58.0. The number of hydrogen-bond donors (Lipinski definition) is 5. The highest BCUT2D eigenvalue weighted by Crippen LogP contribution is 2.53. The molecule has 71 heavy (non-hydrogen) atoms. The molecular weight excluding hydrogens is 937 g/mol. The molecule has 4 heterocycles. The number of benzene rings is 2. The number of phenols is 2. The normalized spacial score (nSPS) is 26.7. The minimum Gasteiger partial charge on any atom is -0.507 e. The molecule has 0 aromatic heterocycles. The third-order valence-corrected chi connectivity index (χ3v) is 13.3. The summed E-state index contributed by atoms with van der Waals surface area (Å²) in [7, 11) is 2.88. The average Bonchev–Trinajstić information content (AvgIpc) is 3.90. The van der Waals surface area contributed by atoms with Crippen LogP contribution in [0.15, 0.2) is 30.4 Å².